The predicted octanol–water partition coefficient (Wildman–Crippen LogP) is 2.46. The lowest BCUT2D eigenvalue weighted by atomic mass is 10.1. The van der Waals surface area contributed by atoms with Crippen LogP contribution in [0.4, 0.5) is 8.78 Å². The van der Waals surface area contributed by atoms with Gasteiger partial charge in [0.05, 0.1) is 6.54 Å². The van der Waals surface area contributed by atoms with Gasteiger partial charge in [-0.25, -0.2) is 8.78 Å². The summed E-state index contributed by atoms with van der Waals surface area (Å²) in [6.45, 7) is 4.23. The first kappa shape index (κ1) is 13.8. The van der Waals surface area contributed by atoms with Crippen LogP contribution in [0.5, 0.6) is 0 Å². The van der Waals surface area contributed by atoms with E-state index in [9.17, 15) is 13.6 Å². The molecule has 0 fully saturated rings. The van der Waals surface area contributed by atoms with Gasteiger partial charge in [-0.15, -0.1) is 0 Å². The molecule has 1 atom stereocenters. The molecule has 0 aliphatic rings. The second-order valence-electron chi connectivity index (χ2n) is 4.18. The van der Waals surface area contributed by atoms with Crippen molar-refractivity contribution >= 4 is 5.78 Å². The molecule has 1 aromatic carbocycles. The average Bonchev–Trinajstić information content (AvgIpc) is 2.24. The Balaban J connectivity index is 2.50. The second-order valence-corrected chi connectivity index (χ2v) is 4.18. The van der Waals surface area contributed by atoms with E-state index in [1.165, 1.54) is 12.1 Å². The van der Waals surface area contributed by atoms with Gasteiger partial charge in [0.2, 0.25) is 0 Å². The fourth-order valence-electron chi connectivity index (χ4n) is 1.44. The summed E-state index contributed by atoms with van der Waals surface area (Å²) < 4.78 is 25.8. The van der Waals surface area contributed by atoms with Crippen LogP contribution in [0.3, 0.4) is 0 Å². The molecular formula is C13H17F2NO. The molecule has 0 aromatic heterocycles. The monoisotopic (exact) mass is 241 g/mol. The van der Waals surface area contributed by atoms with Gasteiger partial charge in [-0.05, 0) is 31.0 Å². The molecule has 1 aromatic rings. The molecule has 17 heavy (non-hydrogen) atoms. The standard InChI is InChI=1S/C13H17F2NO/c1-3-9(2)16-8-13(17)6-10-4-11(14)7-12(15)5-10/h4-5,7,9,16H,3,6,8H2,1-2H3. The lowest BCUT2D eigenvalue weighted by Gasteiger charge is -2.10. The van der Waals surface area contributed by atoms with Crippen LogP contribution >= 0.6 is 0 Å². The number of carbonyl (C=O) groups is 1. The Morgan fingerprint density at radius 2 is 1.88 bits per heavy atom. The zero-order chi connectivity index (χ0) is 12.8. The Morgan fingerprint density at radius 1 is 1.29 bits per heavy atom. The molecule has 1 N–H and O–H groups in total. The van der Waals surface area contributed by atoms with Gasteiger partial charge < -0.3 is 5.32 Å². The van der Waals surface area contributed by atoms with Crippen molar-refractivity contribution in [3.63, 3.8) is 0 Å². The maximum atomic E-state index is 12.9. The number of hydrogen-bond acceptors (Lipinski definition) is 2. The minimum atomic E-state index is -0.650. The van der Waals surface area contributed by atoms with Crippen molar-refractivity contribution in [2.75, 3.05) is 6.54 Å². The zero-order valence-electron chi connectivity index (χ0n) is 10.1. The third kappa shape index (κ3) is 5.04. The summed E-state index contributed by atoms with van der Waals surface area (Å²) in [6, 6.07) is 3.43. The molecule has 0 radical (unpaired) electrons. The van der Waals surface area contributed by atoms with Crippen molar-refractivity contribution in [1.82, 2.24) is 5.32 Å². The summed E-state index contributed by atoms with van der Waals surface area (Å²) in [4.78, 5) is 11.5. The summed E-state index contributed by atoms with van der Waals surface area (Å²) in [5, 5.41) is 3.04. The fraction of sp³-hybridized carbons (Fsp3) is 0.462. The molecule has 0 aliphatic carbocycles. The van der Waals surface area contributed by atoms with Crippen molar-refractivity contribution in [3.8, 4) is 0 Å². The first-order chi connectivity index (χ1) is 8.01. The fourth-order valence-corrected chi connectivity index (χ4v) is 1.44. The van der Waals surface area contributed by atoms with E-state index >= 15 is 0 Å². The molecular weight excluding hydrogens is 224 g/mol. The highest BCUT2D eigenvalue weighted by molar-refractivity contribution is 5.82. The average molecular weight is 241 g/mol. The highest BCUT2D eigenvalue weighted by Crippen LogP contribution is 2.08. The Morgan fingerprint density at radius 3 is 2.41 bits per heavy atom. The highest BCUT2D eigenvalue weighted by Gasteiger charge is 2.07. The lowest BCUT2D eigenvalue weighted by Crippen LogP contribution is -2.31. The minimum Gasteiger partial charge on any atom is -0.307 e. The van der Waals surface area contributed by atoms with E-state index in [0.717, 1.165) is 12.5 Å². The van der Waals surface area contributed by atoms with Crippen molar-refractivity contribution in [1.29, 1.82) is 0 Å². The molecule has 1 rings (SSSR count). The number of carbonyl (C=O) groups excluding carboxylic acids is 1. The van der Waals surface area contributed by atoms with Crippen LogP contribution in [-0.4, -0.2) is 18.4 Å². The van der Waals surface area contributed by atoms with Gasteiger partial charge in [0, 0.05) is 18.5 Å². The van der Waals surface area contributed by atoms with E-state index in [2.05, 4.69) is 5.32 Å². The van der Waals surface area contributed by atoms with E-state index in [0.29, 0.717) is 5.56 Å². The van der Waals surface area contributed by atoms with Crippen LogP contribution in [0.2, 0.25) is 0 Å². The van der Waals surface area contributed by atoms with Crippen molar-refractivity contribution in [3.05, 3.63) is 35.4 Å². The first-order valence-electron chi connectivity index (χ1n) is 5.71. The van der Waals surface area contributed by atoms with Crippen molar-refractivity contribution in [2.45, 2.75) is 32.7 Å². The van der Waals surface area contributed by atoms with E-state index in [-0.39, 0.29) is 24.8 Å². The van der Waals surface area contributed by atoms with Crippen LogP contribution in [0.25, 0.3) is 0 Å². The van der Waals surface area contributed by atoms with E-state index in [4.69, 9.17) is 0 Å². The number of nitrogens with one attached hydrogen (secondary N) is 1. The molecule has 0 aliphatic heterocycles. The maximum absolute atomic E-state index is 12.9. The summed E-state index contributed by atoms with van der Waals surface area (Å²) >= 11 is 0. The van der Waals surface area contributed by atoms with E-state index < -0.39 is 11.6 Å². The van der Waals surface area contributed by atoms with Gasteiger partial charge in [-0.2, -0.15) is 0 Å². The van der Waals surface area contributed by atoms with E-state index in [1.807, 2.05) is 13.8 Å². The Bertz CT molecular complexity index is 373. The molecule has 0 bridgehead atoms. The van der Waals surface area contributed by atoms with Gasteiger partial charge in [0.25, 0.3) is 0 Å². The quantitative estimate of drug-likeness (QED) is 0.829. The van der Waals surface area contributed by atoms with E-state index in [1.54, 1.807) is 0 Å². The molecule has 0 saturated heterocycles. The Hall–Kier alpha value is -1.29. The summed E-state index contributed by atoms with van der Waals surface area (Å²) in [6.07, 6.45) is 0.986. The van der Waals surface area contributed by atoms with Crippen LogP contribution < -0.4 is 5.32 Å². The third-order valence-corrected chi connectivity index (χ3v) is 2.58. The highest BCUT2D eigenvalue weighted by atomic mass is 19.1. The minimum absolute atomic E-state index is 0.0537. The topological polar surface area (TPSA) is 29.1 Å². The van der Waals surface area contributed by atoms with Gasteiger partial charge >= 0.3 is 0 Å². The maximum Gasteiger partial charge on any atom is 0.150 e. The normalized spacial score (nSPS) is 12.5. The summed E-state index contributed by atoms with van der Waals surface area (Å²) in [7, 11) is 0. The smallest absolute Gasteiger partial charge is 0.150 e. The van der Waals surface area contributed by atoms with Crippen LogP contribution in [-0.2, 0) is 11.2 Å². The molecule has 2 nitrogen and oxygen atoms in total. The second kappa shape index (κ2) is 6.45. The lowest BCUT2D eigenvalue weighted by molar-refractivity contribution is -0.117. The largest absolute Gasteiger partial charge is 0.307 e. The Kier molecular flexibility index (Phi) is 5.22. The number of rotatable bonds is 6. The molecule has 1 unspecified atom stereocenters. The number of benzene rings is 1. The Labute approximate surface area is 100 Å². The van der Waals surface area contributed by atoms with Gasteiger partial charge in [0.1, 0.15) is 11.6 Å². The number of halogens is 2. The molecule has 94 valence electrons. The summed E-state index contributed by atoms with van der Waals surface area (Å²) in [5.41, 5.74) is 0.374. The number of Topliss-reactive ketones (excluding diaryl/α,β-unsaturated/α-hetero) is 1. The van der Waals surface area contributed by atoms with Crippen LogP contribution in [0.15, 0.2) is 18.2 Å². The van der Waals surface area contributed by atoms with Crippen molar-refractivity contribution < 1.29 is 13.6 Å². The van der Waals surface area contributed by atoms with Gasteiger partial charge in [0.15, 0.2) is 5.78 Å². The molecule has 0 spiro atoms. The predicted molar refractivity (Wildman–Crippen MR) is 62.8 cm³/mol. The first-order valence-corrected chi connectivity index (χ1v) is 5.71. The third-order valence-electron chi connectivity index (χ3n) is 2.58. The molecule has 0 saturated carbocycles. The van der Waals surface area contributed by atoms with Gasteiger partial charge in [-0.3, -0.25) is 4.79 Å². The van der Waals surface area contributed by atoms with Crippen LogP contribution in [0, 0.1) is 11.6 Å². The molecule has 0 heterocycles. The molecule has 0 amide bonds. The zero-order valence-corrected chi connectivity index (χ0v) is 10.1. The van der Waals surface area contributed by atoms with Crippen LogP contribution in [0.1, 0.15) is 25.8 Å². The van der Waals surface area contributed by atoms with Gasteiger partial charge in [-0.1, -0.05) is 6.92 Å². The molecule has 4 heteroatoms. The SMILES string of the molecule is CCC(C)NCC(=O)Cc1cc(F)cc(F)c1. The number of hydrogen-bond donors (Lipinski definition) is 1. The van der Waals surface area contributed by atoms with Crippen molar-refractivity contribution in [2.24, 2.45) is 0 Å². The summed E-state index contributed by atoms with van der Waals surface area (Å²) in [5.74, 6) is -1.37. The number of ketones is 1.